The lowest BCUT2D eigenvalue weighted by Gasteiger charge is -2.24. The lowest BCUT2D eigenvalue weighted by atomic mass is 10.1. The Hall–Kier alpha value is -1.49. The van der Waals surface area contributed by atoms with Gasteiger partial charge in [0.25, 0.3) is 5.91 Å². The van der Waals surface area contributed by atoms with Gasteiger partial charge in [-0.2, -0.15) is 10.2 Å². The molecule has 1 aliphatic rings. The highest BCUT2D eigenvalue weighted by Gasteiger charge is 2.28. The molecule has 1 N–H and O–H groups in total. The second-order valence-corrected chi connectivity index (χ2v) is 4.29. The van der Waals surface area contributed by atoms with Crippen molar-refractivity contribution in [1.29, 1.82) is 0 Å². The summed E-state index contributed by atoms with van der Waals surface area (Å²) < 4.78 is 0. The topological polar surface area (TPSA) is 66.3 Å². The maximum absolute atomic E-state index is 12.2. The van der Waals surface area contributed by atoms with Crippen LogP contribution < -0.4 is 0 Å². The molecule has 2 rings (SSSR count). The molecule has 0 radical (unpaired) electrons. The molecule has 1 aromatic rings. The maximum Gasteiger partial charge on any atom is 0.255 e. The minimum atomic E-state index is 0.0281. The van der Waals surface area contributed by atoms with Crippen molar-refractivity contribution in [1.82, 2.24) is 15.1 Å². The summed E-state index contributed by atoms with van der Waals surface area (Å²) in [5.41, 5.74) is 0.593. The summed E-state index contributed by atoms with van der Waals surface area (Å²) in [6.45, 7) is 0.993. The average Bonchev–Trinajstić information content (AvgIpc) is 2.84. The summed E-state index contributed by atoms with van der Waals surface area (Å²) >= 11 is 0. The van der Waals surface area contributed by atoms with E-state index in [0.29, 0.717) is 5.56 Å². The number of likely N-dealkylation sites (tertiary alicyclic amines) is 1. The van der Waals surface area contributed by atoms with Crippen LogP contribution in [0.1, 0.15) is 36.0 Å². The maximum atomic E-state index is 12.2. The Morgan fingerprint density at radius 1 is 1.53 bits per heavy atom. The Balaban J connectivity index is 2.03. The Morgan fingerprint density at radius 3 is 3.12 bits per heavy atom. The molecule has 1 amide bonds. The van der Waals surface area contributed by atoms with Gasteiger partial charge in [-0.1, -0.05) is 0 Å². The first-order valence-electron chi connectivity index (χ1n) is 6.01. The molecule has 92 valence electrons. The van der Waals surface area contributed by atoms with Crippen LogP contribution in [0.3, 0.4) is 0 Å². The molecule has 2 heterocycles. The Kier molecular flexibility index (Phi) is 4.03. The van der Waals surface area contributed by atoms with Crippen molar-refractivity contribution in [3.8, 4) is 0 Å². The summed E-state index contributed by atoms with van der Waals surface area (Å²) in [5.74, 6) is 0.0281. The number of amides is 1. The van der Waals surface area contributed by atoms with Crippen molar-refractivity contribution in [2.24, 2.45) is 0 Å². The van der Waals surface area contributed by atoms with Crippen molar-refractivity contribution in [2.45, 2.75) is 31.7 Å². The molecule has 1 fully saturated rings. The van der Waals surface area contributed by atoms with Gasteiger partial charge >= 0.3 is 0 Å². The van der Waals surface area contributed by atoms with Crippen LogP contribution in [0.4, 0.5) is 0 Å². The zero-order valence-electron chi connectivity index (χ0n) is 9.75. The van der Waals surface area contributed by atoms with E-state index in [1.807, 2.05) is 4.90 Å². The zero-order chi connectivity index (χ0) is 12.1. The van der Waals surface area contributed by atoms with Gasteiger partial charge in [0, 0.05) is 19.2 Å². The highest BCUT2D eigenvalue weighted by atomic mass is 16.3. The normalized spacial score (nSPS) is 19.6. The van der Waals surface area contributed by atoms with Crippen molar-refractivity contribution in [3.63, 3.8) is 0 Å². The van der Waals surface area contributed by atoms with Gasteiger partial charge in [0.05, 0.1) is 18.0 Å². The molecule has 1 aromatic heterocycles. The van der Waals surface area contributed by atoms with Gasteiger partial charge in [0.1, 0.15) is 0 Å². The van der Waals surface area contributed by atoms with E-state index in [9.17, 15) is 4.79 Å². The molecule has 1 unspecified atom stereocenters. The summed E-state index contributed by atoms with van der Waals surface area (Å²) in [5, 5.41) is 16.2. The minimum Gasteiger partial charge on any atom is -0.396 e. The fourth-order valence-corrected chi connectivity index (χ4v) is 2.31. The van der Waals surface area contributed by atoms with Gasteiger partial charge in [-0.3, -0.25) is 4.79 Å². The monoisotopic (exact) mass is 235 g/mol. The number of carbonyl (C=O) groups is 1. The lowest BCUT2D eigenvalue weighted by molar-refractivity contribution is 0.0724. The second-order valence-electron chi connectivity index (χ2n) is 4.29. The van der Waals surface area contributed by atoms with E-state index in [0.717, 1.165) is 32.2 Å². The molecule has 1 atom stereocenters. The third-order valence-corrected chi connectivity index (χ3v) is 3.16. The van der Waals surface area contributed by atoms with Crippen LogP contribution in [0.15, 0.2) is 18.5 Å². The van der Waals surface area contributed by atoms with Gasteiger partial charge in [0.15, 0.2) is 0 Å². The standard InChI is InChI=1S/C12H17N3O2/c16-8-2-4-11-3-1-7-15(11)12(17)10-5-6-13-14-9-10/h5-6,9,11,16H,1-4,7-8H2. The number of aromatic nitrogens is 2. The number of nitrogens with zero attached hydrogens (tertiary/aromatic N) is 3. The molecule has 1 aliphatic heterocycles. The molecule has 0 saturated carbocycles. The molecule has 0 aliphatic carbocycles. The Morgan fingerprint density at radius 2 is 2.41 bits per heavy atom. The molecule has 0 bridgehead atoms. The van der Waals surface area contributed by atoms with E-state index in [1.165, 1.54) is 12.4 Å². The Bertz CT molecular complexity index is 369. The first-order chi connectivity index (χ1) is 8.33. The van der Waals surface area contributed by atoms with Crippen LogP contribution >= 0.6 is 0 Å². The smallest absolute Gasteiger partial charge is 0.255 e. The molecule has 5 heteroatoms. The number of hydrogen-bond donors (Lipinski definition) is 1. The van der Waals surface area contributed by atoms with Crippen molar-refractivity contribution in [3.05, 3.63) is 24.0 Å². The molecule has 0 aromatic carbocycles. The predicted octanol–water partition coefficient (Wildman–Crippen LogP) is 0.854. The first-order valence-corrected chi connectivity index (χ1v) is 6.01. The van der Waals surface area contributed by atoms with Crippen LogP contribution in [-0.4, -0.2) is 45.3 Å². The third kappa shape index (κ3) is 2.79. The SMILES string of the molecule is O=C(c1ccnnc1)N1CCCC1CCCO. The van der Waals surface area contributed by atoms with Crippen molar-refractivity contribution in [2.75, 3.05) is 13.2 Å². The van der Waals surface area contributed by atoms with Crippen molar-refractivity contribution < 1.29 is 9.90 Å². The molecule has 17 heavy (non-hydrogen) atoms. The number of carbonyl (C=O) groups excluding carboxylic acids is 1. The van der Waals surface area contributed by atoms with Crippen LogP contribution in [0, 0.1) is 0 Å². The Labute approximate surface area is 100 Å². The van der Waals surface area contributed by atoms with Crippen LogP contribution in [-0.2, 0) is 0 Å². The van der Waals surface area contributed by atoms with Gasteiger partial charge < -0.3 is 10.0 Å². The van der Waals surface area contributed by atoms with E-state index < -0.39 is 0 Å². The molecule has 1 saturated heterocycles. The highest BCUT2D eigenvalue weighted by molar-refractivity contribution is 5.94. The van der Waals surface area contributed by atoms with E-state index in [-0.39, 0.29) is 18.6 Å². The van der Waals surface area contributed by atoms with E-state index >= 15 is 0 Å². The lowest BCUT2D eigenvalue weighted by Crippen LogP contribution is -2.35. The summed E-state index contributed by atoms with van der Waals surface area (Å²) in [6.07, 6.45) is 6.74. The van der Waals surface area contributed by atoms with Crippen molar-refractivity contribution >= 4 is 5.91 Å². The first kappa shape index (κ1) is 12.0. The molecular formula is C12H17N3O2. The fourth-order valence-electron chi connectivity index (χ4n) is 2.31. The molecule has 0 spiro atoms. The van der Waals surface area contributed by atoms with Crippen LogP contribution in [0.5, 0.6) is 0 Å². The number of hydrogen-bond acceptors (Lipinski definition) is 4. The number of aliphatic hydroxyl groups is 1. The number of aliphatic hydroxyl groups excluding tert-OH is 1. The summed E-state index contributed by atoms with van der Waals surface area (Å²) in [4.78, 5) is 14.1. The van der Waals surface area contributed by atoms with E-state index in [1.54, 1.807) is 6.07 Å². The van der Waals surface area contributed by atoms with Gasteiger partial charge in [0.2, 0.25) is 0 Å². The molecular weight excluding hydrogens is 218 g/mol. The van der Waals surface area contributed by atoms with E-state index in [2.05, 4.69) is 10.2 Å². The molecule has 5 nitrogen and oxygen atoms in total. The second kappa shape index (κ2) is 5.72. The minimum absolute atomic E-state index is 0.0281. The van der Waals surface area contributed by atoms with E-state index in [4.69, 9.17) is 5.11 Å². The number of rotatable bonds is 4. The van der Waals surface area contributed by atoms with Crippen LogP contribution in [0.25, 0.3) is 0 Å². The summed E-state index contributed by atoms with van der Waals surface area (Å²) in [6, 6.07) is 1.96. The predicted molar refractivity (Wildman–Crippen MR) is 62.4 cm³/mol. The quantitative estimate of drug-likeness (QED) is 0.840. The van der Waals surface area contributed by atoms with Gasteiger partial charge in [-0.15, -0.1) is 0 Å². The third-order valence-electron chi connectivity index (χ3n) is 3.16. The average molecular weight is 235 g/mol. The zero-order valence-corrected chi connectivity index (χ0v) is 9.75. The highest BCUT2D eigenvalue weighted by Crippen LogP contribution is 2.23. The van der Waals surface area contributed by atoms with Gasteiger partial charge in [-0.25, -0.2) is 0 Å². The summed E-state index contributed by atoms with van der Waals surface area (Å²) in [7, 11) is 0. The largest absolute Gasteiger partial charge is 0.396 e. The fraction of sp³-hybridized carbons (Fsp3) is 0.583. The van der Waals surface area contributed by atoms with Crippen LogP contribution in [0.2, 0.25) is 0 Å². The van der Waals surface area contributed by atoms with Gasteiger partial charge in [-0.05, 0) is 31.7 Å².